The largest absolute Gasteiger partial charge is 0.395 e. The molecule has 3 N–H and O–H groups in total. The zero-order valence-corrected chi connectivity index (χ0v) is 91.6. The van der Waals surface area contributed by atoms with Crippen molar-refractivity contribution in [3.05, 3.63) is 309 Å². The summed E-state index contributed by atoms with van der Waals surface area (Å²) >= 11 is 0. The van der Waals surface area contributed by atoms with Gasteiger partial charge in [-0.05, 0) is 251 Å². The predicted octanol–water partition coefficient (Wildman–Crippen LogP) is 16.3. The summed E-state index contributed by atoms with van der Waals surface area (Å²) in [5.74, 6) is 1.03. The first-order valence-electron chi connectivity index (χ1n) is 52.6. The van der Waals surface area contributed by atoms with Crippen LogP contribution in [-0.4, -0.2) is 285 Å². The van der Waals surface area contributed by atoms with Gasteiger partial charge in [-0.3, -0.25) is 33.6 Å². The molecule has 8 aliphatic rings. The maximum absolute atomic E-state index is 13.8. The van der Waals surface area contributed by atoms with Gasteiger partial charge in [-0.15, -0.1) is 0 Å². The van der Waals surface area contributed by atoms with E-state index in [9.17, 15) is 49.0 Å². The van der Waals surface area contributed by atoms with Gasteiger partial charge >= 0.3 is 0 Å². The van der Waals surface area contributed by atoms with E-state index >= 15 is 0 Å². The van der Waals surface area contributed by atoms with Gasteiger partial charge in [0, 0.05) is 171 Å². The molecule has 6 fully saturated rings. The Bertz CT molecular complexity index is 7190. The zero-order valence-electron chi connectivity index (χ0n) is 88.3. The fourth-order valence-corrected chi connectivity index (χ4v) is 30.3. The number of fused-ring (bicyclic) bond motifs is 4. The minimum absolute atomic E-state index is 0.00447. The highest BCUT2D eigenvalue weighted by molar-refractivity contribution is 7.90. The van der Waals surface area contributed by atoms with E-state index in [1.54, 1.807) is 88.4 Å². The summed E-state index contributed by atoms with van der Waals surface area (Å²) < 4.78 is 128. The first-order chi connectivity index (χ1) is 71.2. The van der Waals surface area contributed by atoms with Crippen molar-refractivity contribution in [3.63, 3.8) is 0 Å². The van der Waals surface area contributed by atoms with Crippen LogP contribution in [0.1, 0.15) is 161 Å². The Labute approximate surface area is 876 Å². The first kappa shape index (κ1) is 109. The van der Waals surface area contributed by atoms with Crippen LogP contribution in [0.3, 0.4) is 0 Å². The Morgan fingerprint density at radius 1 is 0.351 bits per heavy atom. The van der Waals surface area contributed by atoms with E-state index in [2.05, 4.69) is 265 Å². The Balaban J connectivity index is 0.000000135. The number of aliphatic hydroxyl groups is 3. The number of imidazole rings is 1. The smallest absolute Gasteiger partial charge is 0.260 e. The van der Waals surface area contributed by atoms with Crippen LogP contribution in [0, 0.1) is 69.2 Å². The second kappa shape index (κ2) is 46.7. The number of hydrogen-bond acceptors (Lipinski definition) is 20. The van der Waals surface area contributed by atoms with E-state index in [1.807, 2.05) is 45.1 Å². The summed E-state index contributed by atoms with van der Waals surface area (Å²) in [6.07, 6.45) is 19.1. The number of aryl methyl sites for hydroxylation is 8. The van der Waals surface area contributed by atoms with Crippen LogP contribution in [0.2, 0.25) is 0 Å². The number of hydrogen-bond donors (Lipinski definition) is 3. The van der Waals surface area contributed by atoms with Gasteiger partial charge in [0.1, 0.15) is 10.7 Å². The third-order valence-corrected chi connectivity index (χ3v) is 40.5. The third-order valence-electron chi connectivity index (χ3n) is 33.0. The van der Waals surface area contributed by atoms with Crippen LogP contribution in [-0.2, 0) is 71.5 Å². The topological polar surface area (TPSA) is 304 Å². The van der Waals surface area contributed by atoms with Crippen molar-refractivity contribution in [1.82, 2.24) is 75.7 Å². The SMILES string of the molecule is CCCn1nccc1S(=O)(=O)N1CCCCN2C(C1)[C@H](c1ccc(-c3cccc(C)c3C)cc1)[C@H]2CO.CCCn1nccc1S(=O)(=O)N1CCCCN2C(C1)[C@H](c1ccc(-c3cccc(C)c3C)cc1)[C@H]2COC.CCn1ncc(S(=O)(=O)N2C/C=C\CN3C(C2)[C@H](c2ccc(-c4cccc(C)c4C)cc2)[C@H]3CO)c1C.Cc1cccc(-c2ccc([C@H]3C4CN(S(=O)(=O)c5cnc(C)n5C)C/C=C\CN4[C@@H]3CO)cc2)c1C. The standard InChI is InChI=1S/C30H40N4O3S.C29H36N4O3S.C29H38N4O3S.C28H34N4O3S/c1-5-17-34-29(15-16-31-34)38(35,36)32-18-6-7-19-33-27(20-32)30(28(33)21-37-4)25-13-11-24(12-14-25)26-10-8-9-22(2)23(26)3;1-5-33-22(4)28(17-30-33)37(35,36)31-15-6-7-16-32-26(18-31)29(27(32)19-34)24-13-11-23(12-14-24)25-10-8-9-20(2)21(25)3;1-4-16-33-28(14-15-30-33)37(35,36)31-17-5-6-18-32-26(19-31)29(27(32)20-34)24-12-10-23(11-13-24)25-9-7-8-21(2)22(25)3;1-19-8-7-9-24(20(19)2)22-10-12-23(13-11-22)28-25-17-31(14-5-6-15-32(25)26(28)18-33)36(34,35)27-16-29-21(3)30(27)4/h8-16,27-28,30H,5-7,17-21H2,1-4H3;6-14,17,26-27,29,34H,5,15-16,18-19H2,1-4H3;7-15,26-27,29,34H,4-6,16-20H2,1-3H3;5-13,16,25-26,28,33H,14-15,17-18H2,1-4H3/b;7-6-;;6-5-/t27?,28-,30+;2*26?,27-,29+;25?,26-,28+/m1111/s1. The number of nitrogens with zero attached hydrogens (tertiary/aromatic N) is 16. The molecule has 6 saturated heterocycles. The molecule has 788 valence electrons. The summed E-state index contributed by atoms with van der Waals surface area (Å²) in [5, 5.41) is 44.4. The molecule has 0 saturated carbocycles. The number of aromatic nitrogens is 8. The molecule has 28 nitrogen and oxygen atoms in total. The van der Waals surface area contributed by atoms with E-state index in [0.717, 1.165) is 79.4 Å². The highest BCUT2D eigenvalue weighted by Gasteiger charge is 2.55. The molecule has 8 aromatic carbocycles. The maximum atomic E-state index is 13.8. The highest BCUT2D eigenvalue weighted by Crippen LogP contribution is 2.49. The number of sulfonamides is 4. The third kappa shape index (κ3) is 21.6. The number of rotatable bonds is 26. The predicted molar refractivity (Wildman–Crippen MR) is 584 cm³/mol. The van der Waals surface area contributed by atoms with E-state index < -0.39 is 40.1 Å². The molecule has 12 heterocycles. The molecule has 0 amide bonds. The number of ether oxygens (including phenoxy) is 1. The maximum Gasteiger partial charge on any atom is 0.260 e. The highest BCUT2D eigenvalue weighted by atomic mass is 32.2. The van der Waals surface area contributed by atoms with Gasteiger partial charge < -0.3 is 24.6 Å². The molecule has 0 radical (unpaired) electrons. The number of benzene rings is 8. The molecule has 8 aliphatic heterocycles. The van der Waals surface area contributed by atoms with Gasteiger partial charge in [0.2, 0.25) is 10.0 Å². The van der Waals surface area contributed by atoms with Gasteiger partial charge in [0.15, 0.2) is 15.1 Å². The second-order valence-corrected chi connectivity index (χ2v) is 48.7. The molecule has 12 aromatic rings. The fraction of sp³-hybridized carbons (Fsp3) is 0.448. The lowest BCUT2D eigenvalue weighted by atomic mass is 9.74. The average Bonchev–Trinajstić information content (AvgIpc) is 1.08. The number of aliphatic hydroxyl groups excluding tert-OH is 3. The van der Waals surface area contributed by atoms with Crippen LogP contribution in [0.25, 0.3) is 44.5 Å². The van der Waals surface area contributed by atoms with Crippen LogP contribution in [0.5, 0.6) is 0 Å². The summed E-state index contributed by atoms with van der Waals surface area (Å²) in [6, 6.07) is 63.7. The summed E-state index contributed by atoms with van der Waals surface area (Å²) in [7, 11) is -11.3. The number of methoxy groups -OCH3 is 1. The van der Waals surface area contributed by atoms with Crippen molar-refractivity contribution in [2.45, 2.75) is 240 Å². The lowest BCUT2D eigenvalue weighted by molar-refractivity contribution is -0.0635. The average molecular weight is 2090 g/mol. The van der Waals surface area contributed by atoms with Crippen LogP contribution >= 0.6 is 0 Å². The van der Waals surface area contributed by atoms with Crippen molar-refractivity contribution in [3.8, 4) is 44.5 Å². The van der Waals surface area contributed by atoms with Crippen LogP contribution in [0.15, 0.2) is 251 Å². The normalized spacial score (nSPS) is 23.4. The van der Waals surface area contributed by atoms with Gasteiger partial charge in [-0.2, -0.15) is 32.5 Å². The lowest BCUT2D eigenvalue weighted by Gasteiger charge is -2.57. The van der Waals surface area contributed by atoms with Gasteiger partial charge in [-0.25, -0.2) is 38.7 Å². The Morgan fingerprint density at radius 3 is 1.01 bits per heavy atom. The Hall–Kier alpha value is -10.6. The minimum Gasteiger partial charge on any atom is -0.395 e. The quantitative estimate of drug-likeness (QED) is 0.0424. The summed E-state index contributed by atoms with van der Waals surface area (Å²) in [5.41, 5.74) is 25.2. The fourth-order valence-electron chi connectivity index (χ4n) is 24.0. The van der Waals surface area contributed by atoms with Crippen molar-refractivity contribution in [2.75, 3.05) is 112 Å². The first-order valence-corrected chi connectivity index (χ1v) is 58.4. The summed E-state index contributed by atoms with van der Waals surface area (Å²) in [6.45, 7) is 35.9. The monoisotopic (exact) mass is 2090 g/mol. The van der Waals surface area contributed by atoms with E-state index in [1.165, 1.54) is 95.8 Å². The molecule has 4 unspecified atom stereocenters. The van der Waals surface area contributed by atoms with Gasteiger partial charge in [-0.1, -0.05) is 208 Å². The van der Waals surface area contributed by atoms with Crippen LogP contribution in [0.4, 0.5) is 0 Å². The van der Waals surface area contributed by atoms with E-state index in [-0.39, 0.29) is 107 Å². The molecule has 148 heavy (non-hydrogen) atoms. The second-order valence-electron chi connectivity index (χ2n) is 41.1. The van der Waals surface area contributed by atoms with Gasteiger partial charge in [0.05, 0.1) is 56.9 Å². The Kier molecular flexibility index (Phi) is 34.3. The molecular formula is C116H148N16O12S4. The summed E-state index contributed by atoms with van der Waals surface area (Å²) in [4.78, 5) is 13.7. The van der Waals surface area contributed by atoms with E-state index in [0.29, 0.717) is 108 Å². The van der Waals surface area contributed by atoms with Crippen molar-refractivity contribution in [2.24, 2.45) is 7.05 Å². The molecule has 32 heteroatoms. The van der Waals surface area contributed by atoms with Crippen molar-refractivity contribution >= 4 is 40.1 Å². The minimum atomic E-state index is -3.72. The Morgan fingerprint density at radius 2 is 0.676 bits per heavy atom. The molecule has 0 bridgehead atoms. The molecule has 0 spiro atoms. The molecule has 0 aliphatic carbocycles. The molecule has 4 aromatic heterocycles. The molecule has 20 rings (SSSR count). The lowest BCUT2D eigenvalue weighted by Crippen LogP contribution is -2.68. The van der Waals surface area contributed by atoms with Gasteiger partial charge in [0.25, 0.3) is 30.1 Å². The van der Waals surface area contributed by atoms with Crippen LogP contribution < -0.4 is 0 Å². The zero-order chi connectivity index (χ0) is 105. The molecule has 12 atom stereocenters. The van der Waals surface area contributed by atoms with Crippen molar-refractivity contribution in [1.29, 1.82) is 0 Å². The van der Waals surface area contributed by atoms with E-state index in [4.69, 9.17) is 4.74 Å². The van der Waals surface area contributed by atoms with Crippen molar-refractivity contribution < 1.29 is 53.7 Å². The molecular weight excluding hydrogens is 1940 g/mol.